The highest BCUT2D eigenvalue weighted by atomic mass is 79.9. The number of rotatable bonds is 5. The van der Waals surface area contributed by atoms with Gasteiger partial charge in [0.1, 0.15) is 0 Å². The van der Waals surface area contributed by atoms with Gasteiger partial charge in [0.2, 0.25) is 0 Å². The Labute approximate surface area is 167 Å². The summed E-state index contributed by atoms with van der Waals surface area (Å²) in [6.45, 7) is 2.13. The summed E-state index contributed by atoms with van der Waals surface area (Å²) in [6.07, 6.45) is 2.94. The molecule has 1 aliphatic heterocycles. The van der Waals surface area contributed by atoms with Gasteiger partial charge < -0.3 is 15.5 Å². The lowest BCUT2D eigenvalue weighted by molar-refractivity contribution is -0.116. The first-order valence-electron chi connectivity index (χ1n) is 8.48. The highest BCUT2D eigenvalue weighted by Crippen LogP contribution is 2.32. The van der Waals surface area contributed by atoms with E-state index in [1.165, 1.54) is 17.3 Å². The first-order valence-corrected chi connectivity index (χ1v) is 10.1. The summed E-state index contributed by atoms with van der Waals surface area (Å²) >= 11 is 5.09. The van der Waals surface area contributed by atoms with Crippen LogP contribution in [-0.2, 0) is 11.2 Å². The number of thioether (sulfide) groups is 1. The van der Waals surface area contributed by atoms with Crippen LogP contribution in [0.4, 0.5) is 11.4 Å². The van der Waals surface area contributed by atoms with Crippen molar-refractivity contribution in [3.8, 4) is 0 Å². The molecule has 2 aromatic rings. The minimum atomic E-state index is -0.161. The van der Waals surface area contributed by atoms with E-state index in [-0.39, 0.29) is 11.4 Å². The first-order chi connectivity index (χ1) is 12.5. The number of benzene rings is 2. The summed E-state index contributed by atoms with van der Waals surface area (Å²) in [5.41, 5.74) is 4.23. The van der Waals surface area contributed by atoms with Gasteiger partial charge in [0.05, 0.1) is 10.6 Å². The van der Waals surface area contributed by atoms with Crippen molar-refractivity contribution in [2.45, 2.75) is 18.8 Å². The van der Waals surface area contributed by atoms with Gasteiger partial charge in [-0.25, -0.2) is 0 Å². The molecule has 2 N–H and O–H groups in total. The van der Waals surface area contributed by atoms with Crippen molar-refractivity contribution in [2.75, 3.05) is 24.3 Å². The summed E-state index contributed by atoms with van der Waals surface area (Å²) in [5.74, 6) is -0.0505. The Balaban J connectivity index is 1.70. The molecule has 0 aromatic heterocycles. The van der Waals surface area contributed by atoms with Crippen molar-refractivity contribution < 1.29 is 4.79 Å². The van der Waals surface area contributed by atoms with Gasteiger partial charge in [-0.15, -0.1) is 0 Å². The molecule has 1 amide bonds. The van der Waals surface area contributed by atoms with Crippen LogP contribution in [0.15, 0.2) is 51.8 Å². The van der Waals surface area contributed by atoms with Crippen molar-refractivity contribution in [1.29, 1.82) is 0 Å². The molecule has 1 atom stereocenters. The van der Waals surface area contributed by atoms with E-state index in [1.807, 2.05) is 55.4 Å². The Morgan fingerprint density at radius 2 is 1.96 bits per heavy atom. The summed E-state index contributed by atoms with van der Waals surface area (Å²) in [4.78, 5) is 15.0. The molecule has 0 spiro atoms. The lowest BCUT2D eigenvalue weighted by Crippen LogP contribution is -2.30. The van der Waals surface area contributed by atoms with E-state index in [1.54, 1.807) is 0 Å². The topological polar surface area (TPSA) is 44.4 Å². The minimum Gasteiger partial charge on any atom is -0.377 e. The largest absolute Gasteiger partial charge is 0.377 e. The zero-order valence-electron chi connectivity index (χ0n) is 15.0. The molecule has 0 radical (unpaired) electrons. The third kappa shape index (κ3) is 4.43. The van der Waals surface area contributed by atoms with Gasteiger partial charge in [-0.1, -0.05) is 36.9 Å². The smallest absolute Gasteiger partial charge is 0.260 e. The fourth-order valence-electron chi connectivity index (χ4n) is 2.68. The average Bonchev–Trinajstić information content (AvgIpc) is 2.94. The SMILES string of the molecule is CCc1ccc(N[C@H]2NC(=O)/C(=C/c3ccc(N(C)C)c(Br)c3)S2)cc1. The van der Waals surface area contributed by atoms with Gasteiger partial charge in [0.15, 0.2) is 5.50 Å². The number of hydrogen-bond acceptors (Lipinski definition) is 4. The third-order valence-corrected chi connectivity index (χ3v) is 5.81. The number of halogens is 1. The van der Waals surface area contributed by atoms with Crippen molar-refractivity contribution >= 4 is 51.0 Å². The Morgan fingerprint density at radius 1 is 1.23 bits per heavy atom. The average molecular weight is 432 g/mol. The molecular weight excluding hydrogens is 410 g/mol. The number of hydrogen-bond donors (Lipinski definition) is 2. The van der Waals surface area contributed by atoms with Crippen molar-refractivity contribution in [3.63, 3.8) is 0 Å². The number of anilines is 2. The highest BCUT2D eigenvalue weighted by molar-refractivity contribution is 9.10. The first kappa shape index (κ1) is 18.9. The molecule has 1 fully saturated rings. The molecule has 0 aliphatic carbocycles. The van der Waals surface area contributed by atoms with E-state index < -0.39 is 0 Å². The molecule has 2 aromatic carbocycles. The molecule has 0 unspecified atom stereocenters. The predicted molar refractivity (Wildman–Crippen MR) is 115 cm³/mol. The Kier molecular flexibility index (Phi) is 5.94. The molecule has 1 heterocycles. The second-order valence-corrected chi connectivity index (χ2v) is 8.28. The van der Waals surface area contributed by atoms with Crippen LogP contribution in [0.2, 0.25) is 0 Å². The minimum absolute atomic E-state index is 0.0505. The van der Waals surface area contributed by atoms with Crippen LogP contribution in [0.3, 0.4) is 0 Å². The molecular formula is C20H22BrN3OS. The molecule has 0 saturated carbocycles. The van der Waals surface area contributed by atoms with Crippen molar-refractivity contribution in [2.24, 2.45) is 0 Å². The van der Waals surface area contributed by atoms with Crippen molar-refractivity contribution in [1.82, 2.24) is 5.32 Å². The molecule has 26 heavy (non-hydrogen) atoms. The van der Waals surface area contributed by atoms with Crippen LogP contribution >= 0.6 is 27.7 Å². The van der Waals surface area contributed by atoms with Crippen LogP contribution in [-0.4, -0.2) is 25.5 Å². The Bertz CT molecular complexity index is 833. The second-order valence-electron chi connectivity index (χ2n) is 6.28. The molecule has 1 saturated heterocycles. The molecule has 6 heteroatoms. The zero-order valence-corrected chi connectivity index (χ0v) is 17.4. The summed E-state index contributed by atoms with van der Waals surface area (Å²) in [5, 5.41) is 6.32. The van der Waals surface area contributed by atoms with E-state index in [4.69, 9.17) is 0 Å². The maximum Gasteiger partial charge on any atom is 0.260 e. The van der Waals surface area contributed by atoms with E-state index in [0.717, 1.165) is 27.8 Å². The predicted octanol–water partition coefficient (Wildman–Crippen LogP) is 4.68. The maximum absolute atomic E-state index is 12.3. The van der Waals surface area contributed by atoms with E-state index in [2.05, 4.69) is 45.6 Å². The Morgan fingerprint density at radius 3 is 2.58 bits per heavy atom. The number of amides is 1. The van der Waals surface area contributed by atoms with Crippen molar-refractivity contribution in [3.05, 3.63) is 63.0 Å². The van der Waals surface area contributed by atoms with Crippen LogP contribution in [0.1, 0.15) is 18.1 Å². The second kappa shape index (κ2) is 8.18. The zero-order chi connectivity index (χ0) is 18.7. The molecule has 1 aliphatic rings. The standard InChI is InChI=1S/C20H22BrN3OS/c1-4-13-5-8-15(9-6-13)22-20-23-19(25)18(26-20)12-14-7-10-17(24(2)3)16(21)11-14/h5-12,20,22H,4H2,1-3H3,(H,23,25)/b18-12-/t20-/m0/s1. The normalized spacial score (nSPS) is 18.1. The van der Waals surface area contributed by atoms with Crippen LogP contribution in [0.25, 0.3) is 6.08 Å². The van der Waals surface area contributed by atoms with Crippen LogP contribution in [0, 0.1) is 0 Å². The quantitative estimate of drug-likeness (QED) is 0.674. The van der Waals surface area contributed by atoms with E-state index in [9.17, 15) is 4.79 Å². The van der Waals surface area contributed by atoms with E-state index in [0.29, 0.717) is 4.91 Å². The monoisotopic (exact) mass is 431 g/mol. The number of aryl methyl sites for hydroxylation is 1. The highest BCUT2D eigenvalue weighted by Gasteiger charge is 2.27. The summed E-state index contributed by atoms with van der Waals surface area (Å²) in [7, 11) is 4.00. The van der Waals surface area contributed by atoms with Gasteiger partial charge in [0, 0.05) is 24.3 Å². The fourth-order valence-corrected chi connectivity index (χ4v) is 4.42. The molecule has 3 rings (SSSR count). The molecule has 4 nitrogen and oxygen atoms in total. The fraction of sp³-hybridized carbons (Fsp3) is 0.250. The number of carbonyl (C=O) groups excluding carboxylic acids is 1. The lowest BCUT2D eigenvalue weighted by Gasteiger charge is -2.14. The van der Waals surface area contributed by atoms with Gasteiger partial charge in [-0.2, -0.15) is 0 Å². The van der Waals surface area contributed by atoms with Gasteiger partial charge >= 0.3 is 0 Å². The molecule has 0 bridgehead atoms. The van der Waals surface area contributed by atoms with Gasteiger partial charge in [-0.3, -0.25) is 4.79 Å². The van der Waals surface area contributed by atoms with E-state index >= 15 is 0 Å². The van der Waals surface area contributed by atoms with Gasteiger partial charge in [-0.05, 0) is 63.8 Å². The van der Waals surface area contributed by atoms with Gasteiger partial charge in [0.25, 0.3) is 5.91 Å². The maximum atomic E-state index is 12.3. The van der Waals surface area contributed by atoms with Crippen LogP contribution < -0.4 is 15.5 Å². The number of carbonyl (C=O) groups is 1. The lowest BCUT2D eigenvalue weighted by atomic mass is 10.1. The number of nitrogens with one attached hydrogen (secondary N) is 2. The summed E-state index contributed by atoms with van der Waals surface area (Å²) < 4.78 is 1.01. The molecule has 136 valence electrons. The van der Waals surface area contributed by atoms with Crippen LogP contribution in [0.5, 0.6) is 0 Å². The number of nitrogens with zero attached hydrogens (tertiary/aromatic N) is 1. The Hall–Kier alpha value is -1.92. The summed E-state index contributed by atoms with van der Waals surface area (Å²) in [6, 6.07) is 14.4. The third-order valence-electron chi connectivity index (χ3n) is 4.14.